The molecule has 0 N–H and O–H groups in total. The van der Waals surface area contributed by atoms with E-state index >= 15 is 0 Å². The molecule has 0 aliphatic heterocycles. The van der Waals surface area contributed by atoms with E-state index in [1.54, 1.807) is 0 Å². The first-order valence-electron chi connectivity index (χ1n) is 30.9. The van der Waals surface area contributed by atoms with Crippen molar-refractivity contribution in [3.63, 3.8) is 0 Å². The Bertz CT molecular complexity index is 1340. The van der Waals surface area contributed by atoms with Gasteiger partial charge in [-0.3, -0.25) is 14.4 Å². The molecule has 6 nitrogen and oxygen atoms in total. The third kappa shape index (κ3) is 57.7. The van der Waals surface area contributed by atoms with Crippen molar-refractivity contribution in [2.75, 3.05) is 13.2 Å². The molecule has 0 aliphatic carbocycles. The van der Waals surface area contributed by atoms with E-state index in [1.165, 1.54) is 173 Å². The Hall–Kier alpha value is -3.15. The summed E-state index contributed by atoms with van der Waals surface area (Å²) in [5, 5.41) is 0. The number of ether oxygens (including phenoxy) is 3. The van der Waals surface area contributed by atoms with E-state index in [9.17, 15) is 14.4 Å². The summed E-state index contributed by atoms with van der Waals surface area (Å²) in [6.07, 6.45) is 77.7. The summed E-state index contributed by atoms with van der Waals surface area (Å²) in [4.78, 5) is 38.2. The Morgan fingerprint density at radius 1 is 0.292 bits per heavy atom. The summed E-state index contributed by atoms with van der Waals surface area (Å²) in [5.41, 5.74) is 0. The van der Waals surface area contributed by atoms with Gasteiger partial charge in [0, 0.05) is 19.3 Å². The van der Waals surface area contributed by atoms with Crippen LogP contribution in [-0.4, -0.2) is 37.2 Å². The Labute approximate surface area is 446 Å². The van der Waals surface area contributed by atoms with Gasteiger partial charge in [-0.2, -0.15) is 0 Å². The van der Waals surface area contributed by atoms with Gasteiger partial charge < -0.3 is 14.2 Å². The summed E-state index contributed by atoms with van der Waals surface area (Å²) in [6.45, 7) is 6.52. The van der Waals surface area contributed by atoms with Gasteiger partial charge in [-0.25, -0.2) is 0 Å². The van der Waals surface area contributed by atoms with Crippen LogP contribution in [0.2, 0.25) is 0 Å². The van der Waals surface area contributed by atoms with Crippen LogP contribution in [0, 0.1) is 0 Å². The quantitative estimate of drug-likeness (QED) is 0.0261. The van der Waals surface area contributed by atoms with Gasteiger partial charge in [0.25, 0.3) is 0 Å². The molecule has 0 spiro atoms. The minimum atomic E-state index is -0.779. The molecule has 0 saturated carbocycles. The first-order valence-corrected chi connectivity index (χ1v) is 30.9. The molecule has 0 aliphatic rings. The summed E-state index contributed by atoms with van der Waals surface area (Å²) < 4.78 is 16.9. The zero-order valence-electron chi connectivity index (χ0n) is 47.7. The van der Waals surface area contributed by atoms with Gasteiger partial charge in [-0.1, -0.05) is 273 Å². The lowest BCUT2D eigenvalue weighted by Crippen LogP contribution is -2.30. The number of rotatable bonds is 56. The topological polar surface area (TPSA) is 78.9 Å². The van der Waals surface area contributed by atoms with Gasteiger partial charge in [0.05, 0.1) is 0 Å². The van der Waals surface area contributed by atoms with Crippen LogP contribution in [0.25, 0.3) is 0 Å². The first kappa shape index (κ1) is 68.8. The average molecular weight is 1010 g/mol. The molecular weight excluding hydrogens is 889 g/mol. The average Bonchev–Trinajstić information content (AvgIpc) is 3.38. The van der Waals surface area contributed by atoms with E-state index in [0.717, 1.165) is 96.3 Å². The molecule has 0 aromatic heterocycles. The standard InChI is InChI=1S/C66H116O6/c1-4-7-10-13-16-19-22-24-26-28-29-30-31-32-33-34-35-36-37-39-40-42-44-47-50-53-56-59-65(68)71-62-63(61-70-64(67)58-55-52-49-46-21-18-15-12-9-6-3)72-66(69)60-57-54-51-48-45-43-41-38-27-25-23-20-17-14-11-8-5-2/h8,11,17,20,22,24-25,27-29,31-32,63H,4-7,9-10,12-16,18-19,21,23,26,30,33-62H2,1-3H3/b11-8-,20-17-,24-22-,27-25-,29-28-,32-31-. The van der Waals surface area contributed by atoms with Crippen LogP contribution in [0.15, 0.2) is 72.9 Å². The van der Waals surface area contributed by atoms with E-state index in [-0.39, 0.29) is 31.1 Å². The molecule has 1 atom stereocenters. The van der Waals surface area contributed by atoms with Crippen molar-refractivity contribution >= 4 is 17.9 Å². The maximum Gasteiger partial charge on any atom is 0.306 e. The van der Waals surface area contributed by atoms with E-state index in [1.807, 2.05) is 0 Å². The maximum atomic E-state index is 12.9. The molecule has 0 radical (unpaired) electrons. The predicted molar refractivity (Wildman–Crippen MR) is 311 cm³/mol. The van der Waals surface area contributed by atoms with Crippen LogP contribution in [0.5, 0.6) is 0 Å². The summed E-state index contributed by atoms with van der Waals surface area (Å²) in [7, 11) is 0. The molecule has 72 heavy (non-hydrogen) atoms. The van der Waals surface area contributed by atoms with Crippen LogP contribution >= 0.6 is 0 Å². The van der Waals surface area contributed by atoms with Crippen molar-refractivity contribution in [1.82, 2.24) is 0 Å². The number of hydrogen-bond acceptors (Lipinski definition) is 6. The minimum Gasteiger partial charge on any atom is -0.462 e. The Morgan fingerprint density at radius 2 is 0.542 bits per heavy atom. The number of unbranched alkanes of at least 4 members (excludes halogenated alkanes) is 33. The number of carbonyl (C=O) groups is 3. The Balaban J connectivity index is 4.22. The normalized spacial score (nSPS) is 12.5. The monoisotopic (exact) mass is 1000 g/mol. The minimum absolute atomic E-state index is 0.0773. The largest absolute Gasteiger partial charge is 0.462 e. The smallest absolute Gasteiger partial charge is 0.306 e. The van der Waals surface area contributed by atoms with Gasteiger partial charge in [0.15, 0.2) is 6.10 Å². The first-order chi connectivity index (χ1) is 35.5. The third-order valence-corrected chi connectivity index (χ3v) is 13.4. The highest BCUT2D eigenvalue weighted by Gasteiger charge is 2.19. The van der Waals surface area contributed by atoms with Crippen LogP contribution in [0.1, 0.15) is 310 Å². The Kier molecular flexibility index (Phi) is 57.8. The van der Waals surface area contributed by atoms with E-state index < -0.39 is 6.10 Å². The molecule has 0 heterocycles. The second-order valence-corrected chi connectivity index (χ2v) is 20.6. The fourth-order valence-corrected chi connectivity index (χ4v) is 8.82. The predicted octanol–water partition coefficient (Wildman–Crippen LogP) is 20.9. The van der Waals surface area contributed by atoms with Gasteiger partial charge in [-0.15, -0.1) is 0 Å². The summed E-state index contributed by atoms with van der Waals surface area (Å²) in [5.74, 6) is -0.879. The zero-order chi connectivity index (χ0) is 52.2. The van der Waals surface area contributed by atoms with Crippen molar-refractivity contribution in [2.24, 2.45) is 0 Å². The van der Waals surface area contributed by atoms with Gasteiger partial charge in [0.1, 0.15) is 13.2 Å². The van der Waals surface area contributed by atoms with Crippen molar-refractivity contribution in [2.45, 2.75) is 316 Å². The molecule has 6 heteroatoms. The number of carbonyl (C=O) groups excluding carboxylic acids is 3. The molecule has 416 valence electrons. The lowest BCUT2D eigenvalue weighted by molar-refractivity contribution is -0.167. The molecule has 1 unspecified atom stereocenters. The van der Waals surface area contributed by atoms with Crippen molar-refractivity contribution < 1.29 is 28.6 Å². The van der Waals surface area contributed by atoms with Crippen LogP contribution < -0.4 is 0 Å². The maximum absolute atomic E-state index is 12.9. The molecule has 0 fully saturated rings. The summed E-state index contributed by atoms with van der Waals surface area (Å²) in [6, 6.07) is 0. The molecular formula is C66H116O6. The van der Waals surface area contributed by atoms with Gasteiger partial charge in [0.2, 0.25) is 0 Å². The van der Waals surface area contributed by atoms with Crippen LogP contribution in [0.4, 0.5) is 0 Å². The highest BCUT2D eigenvalue weighted by atomic mass is 16.6. The zero-order valence-corrected chi connectivity index (χ0v) is 47.7. The van der Waals surface area contributed by atoms with E-state index in [0.29, 0.717) is 19.3 Å². The fraction of sp³-hybridized carbons (Fsp3) is 0.773. The SMILES string of the molecule is CC/C=C\C/C=C\C/C=C\CCCCCCCCCC(=O)OC(COC(=O)CCCCCCCCCCCC)COC(=O)CCCCCCCCCCCCCC/C=C\C/C=C\C/C=C\CCCCCCC. The van der Waals surface area contributed by atoms with Crippen molar-refractivity contribution in [1.29, 1.82) is 0 Å². The fourth-order valence-electron chi connectivity index (χ4n) is 8.82. The highest BCUT2D eigenvalue weighted by Crippen LogP contribution is 2.16. The lowest BCUT2D eigenvalue weighted by Gasteiger charge is -2.18. The highest BCUT2D eigenvalue weighted by molar-refractivity contribution is 5.71. The number of esters is 3. The van der Waals surface area contributed by atoms with E-state index in [2.05, 4.69) is 93.7 Å². The van der Waals surface area contributed by atoms with Crippen molar-refractivity contribution in [3.8, 4) is 0 Å². The molecule has 0 rings (SSSR count). The molecule has 0 aromatic carbocycles. The summed E-state index contributed by atoms with van der Waals surface area (Å²) >= 11 is 0. The van der Waals surface area contributed by atoms with E-state index in [4.69, 9.17) is 14.2 Å². The number of allylic oxidation sites excluding steroid dienone is 12. The number of hydrogen-bond donors (Lipinski definition) is 0. The molecule has 0 amide bonds. The lowest BCUT2D eigenvalue weighted by atomic mass is 10.0. The molecule has 0 saturated heterocycles. The van der Waals surface area contributed by atoms with Gasteiger partial charge >= 0.3 is 17.9 Å². The second-order valence-electron chi connectivity index (χ2n) is 20.6. The Morgan fingerprint density at radius 3 is 0.847 bits per heavy atom. The van der Waals surface area contributed by atoms with Gasteiger partial charge in [-0.05, 0) is 89.9 Å². The second kappa shape index (κ2) is 60.4. The van der Waals surface area contributed by atoms with Crippen LogP contribution in [-0.2, 0) is 28.6 Å². The third-order valence-electron chi connectivity index (χ3n) is 13.4. The van der Waals surface area contributed by atoms with Crippen LogP contribution in [0.3, 0.4) is 0 Å². The molecule has 0 aromatic rings. The van der Waals surface area contributed by atoms with Crippen molar-refractivity contribution in [3.05, 3.63) is 72.9 Å². The molecule has 0 bridgehead atoms.